The van der Waals surface area contributed by atoms with Crippen LogP contribution in [0, 0.1) is 6.92 Å². The second kappa shape index (κ2) is 8.86. The molecule has 2 aliphatic rings. The highest BCUT2D eigenvalue weighted by Crippen LogP contribution is 2.19. The molecule has 1 saturated carbocycles. The van der Waals surface area contributed by atoms with E-state index < -0.39 is 0 Å². The summed E-state index contributed by atoms with van der Waals surface area (Å²) < 4.78 is 11.6. The van der Waals surface area contributed by atoms with Crippen molar-refractivity contribution in [3.05, 3.63) is 23.7 Å². The Morgan fingerprint density at radius 2 is 1.96 bits per heavy atom. The summed E-state index contributed by atoms with van der Waals surface area (Å²) in [6.45, 7) is 4.42. The second-order valence-electron chi connectivity index (χ2n) is 7.17. The Balaban J connectivity index is 1.61. The number of hydrogen-bond donors (Lipinski definition) is 1. The Labute approximate surface area is 150 Å². The molecule has 4 nitrogen and oxygen atoms in total. The van der Waals surface area contributed by atoms with E-state index in [4.69, 9.17) is 21.4 Å². The lowest BCUT2D eigenvalue weighted by Gasteiger charge is -2.30. The third-order valence-electron chi connectivity index (χ3n) is 5.06. The van der Waals surface area contributed by atoms with Crippen LogP contribution in [-0.4, -0.2) is 35.3 Å². The number of ether oxygens (including phenoxy) is 1. The molecule has 1 saturated heterocycles. The van der Waals surface area contributed by atoms with Crippen LogP contribution < -0.4 is 5.32 Å². The van der Waals surface area contributed by atoms with Gasteiger partial charge in [-0.25, -0.2) is 0 Å². The first kappa shape index (κ1) is 17.7. The molecule has 1 N–H and O–H groups in total. The van der Waals surface area contributed by atoms with Gasteiger partial charge in [-0.1, -0.05) is 25.7 Å². The van der Waals surface area contributed by atoms with Crippen molar-refractivity contribution in [1.29, 1.82) is 0 Å². The number of rotatable bonds is 5. The molecule has 1 aromatic heterocycles. The Hall–Kier alpha value is -1.07. The van der Waals surface area contributed by atoms with E-state index >= 15 is 0 Å². The van der Waals surface area contributed by atoms with Crippen molar-refractivity contribution in [1.82, 2.24) is 10.2 Å². The number of furan rings is 1. The summed E-state index contributed by atoms with van der Waals surface area (Å²) in [6, 6.07) is 4.58. The first-order chi connectivity index (χ1) is 11.7. The lowest BCUT2D eigenvalue weighted by Crippen LogP contribution is -2.46. The summed E-state index contributed by atoms with van der Waals surface area (Å²) >= 11 is 5.76. The van der Waals surface area contributed by atoms with Gasteiger partial charge in [0.25, 0.3) is 0 Å². The van der Waals surface area contributed by atoms with Crippen LogP contribution in [0.1, 0.15) is 62.9 Å². The van der Waals surface area contributed by atoms with Crippen LogP contribution in [0.15, 0.2) is 16.5 Å². The summed E-state index contributed by atoms with van der Waals surface area (Å²) in [5.74, 6) is 1.92. The summed E-state index contributed by atoms with van der Waals surface area (Å²) in [6.07, 6.45) is 10.4. The number of nitrogens with zero attached hydrogens (tertiary/aromatic N) is 1. The summed E-state index contributed by atoms with van der Waals surface area (Å²) in [7, 11) is 0. The second-order valence-corrected chi connectivity index (χ2v) is 7.55. The Bertz CT molecular complexity index is 517. The van der Waals surface area contributed by atoms with Crippen molar-refractivity contribution in [2.75, 3.05) is 13.2 Å². The zero-order valence-corrected chi connectivity index (χ0v) is 15.6. The van der Waals surface area contributed by atoms with E-state index in [0.29, 0.717) is 12.6 Å². The maximum atomic E-state index is 5.83. The summed E-state index contributed by atoms with van der Waals surface area (Å²) in [5.41, 5.74) is 0. The molecular formula is C19H30N2O2S. The third kappa shape index (κ3) is 5.21. The van der Waals surface area contributed by atoms with Crippen LogP contribution in [0.5, 0.6) is 0 Å². The van der Waals surface area contributed by atoms with Crippen molar-refractivity contribution in [2.24, 2.45) is 0 Å². The van der Waals surface area contributed by atoms with Gasteiger partial charge in [0.2, 0.25) is 0 Å². The average molecular weight is 351 g/mol. The summed E-state index contributed by atoms with van der Waals surface area (Å²) in [5, 5.41) is 4.47. The van der Waals surface area contributed by atoms with E-state index in [0.717, 1.165) is 42.6 Å². The minimum Gasteiger partial charge on any atom is -0.464 e. The van der Waals surface area contributed by atoms with Crippen molar-refractivity contribution < 1.29 is 9.15 Å². The number of aryl methyl sites for hydroxylation is 1. The number of nitrogens with one attached hydrogen (secondary N) is 1. The molecule has 1 unspecified atom stereocenters. The fourth-order valence-electron chi connectivity index (χ4n) is 3.70. The zero-order valence-electron chi connectivity index (χ0n) is 14.8. The largest absolute Gasteiger partial charge is 0.464 e. The zero-order chi connectivity index (χ0) is 16.8. The number of hydrogen-bond acceptors (Lipinski definition) is 3. The molecule has 0 aromatic carbocycles. The van der Waals surface area contributed by atoms with Gasteiger partial charge in [-0.3, -0.25) is 0 Å². The molecule has 0 amide bonds. The number of thiocarbonyl (C=S) groups is 1. The van der Waals surface area contributed by atoms with Gasteiger partial charge < -0.3 is 19.4 Å². The molecule has 1 aliphatic carbocycles. The van der Waals surface area contributed by atoms with Crippen LogP contribution in [0.2, 0.25) is 0 Å². The van der Waals surface area contributed by atoms with E-state index in [-0.39, 0.29) is 6.10 Å². The molecule has 2 fully saturated rings. The van der Waals surface area contributed by atoms with Gasteiger partial charge in [0, 0.05) is 19.2 Å². The molecule has 1 atom stereocenters. The SMILES string of the molecule is Cc1ccc(CN(CC2CCCO2)C(=S)NC2CCCCCC2)o1. The molecule has 3 rings (SSSR count). The molecule has 0 spiro atoms. The van der Waals surface area contributed by atoms with Gasteiger partial charge >= 0.3 is 0 Å². The molecule has 24 heavy (non-hydrogen) atoms. The highest BCUT2D eigenvalue weighted by atomic mass is 32.1. The minimum absolute atomic E-state index is 0.287. The first-order valence-electron chi connectivity index (χ1n) is 9.43. The summed E-state index contributed by atoms with van der Waals surface area (Å²) in [4.78, 5) is 2.23. The predicted octanol–water partition coefficient (Wildman–Crippen LogP) is 4.17. The monoisotopic (exact) mass is 350 g/mol. The van der Waals surface area contributed by atoms with Crippen LogP contribution >= 0.6 is 12.2 Å². The predicted molar refractivity (Wildman–Crippen MR) is 100 cm³/mol. The van der Waals surface area contributed by atoms with Gasteiger partial charge in [0.1, 0.15) is 11.5 Å². The average Bonchev–Trinajstić information content (AvgIpc) is 3.14. The smallest absolute Gasteiger partial charge is 0.169 e. The Morgan fingerprint density at radius 3 is 2.58 bits per heavy atom. The van der Waals surface area contributed by atoms with Gasteiger partial charge in [0.15, 0.2) is 5.11 Å². The maximum absolute atomic E-state index is 5.83. The standard InChI is InChI=1S/C19H30N2O2S/c1-15-10-11-18(23-15)14-21(13-17-9-6-12-22-17)19(24)20-16-7-4-2-3-5-8-16/h10-11,16-17H,2-9,12-14H2,1H3,(H,20,24). The van der Waals surface area contributed by atoms with Gasteiger partial charge in [-0.05, 0) is 57.0 Å². The first-order valence-corrected chi connectivity index (χ1v) is 9.84. The lowest BCUT2D eigenvalue weighted by molar-refractivity contribution is 0.0881. The molecule has 134 valence electrons. The third-order valence-corrected chi connectivity index (χ3v) is 5.44. The van der Waals surface area contributed by atoms with Gasteiger partial charge in [0.05, 0.1) is 12.6 Å². The van der Waals surface area contributed by atoms with E-state index in [2.05, 4.69) is 10.2 Å². The minimum atomic E-state index is 0.287. The van der Waals surface area contributed by atoms with E-state index in [1.807, 2.05) is 19.1 Å². The van der Waals surface area contributed by atoms with Crippen LogP contribution in [-0.2, 0) is 11.3 Å². The van der Waals surface area contributed by atoms with Crippen LogP contribution in [0.4, 0.5) is 0 Å². The molecule has 0 bridgehead atoms. The topological polar surface area (TPSA) is 37.6 Å². The van der Waals surface area contributed by atoms with Crippen molar-refractivity contribution in [3.63, 3.8) is 0 Å². The van der Waals surface area contributed by atoms with E-state index in [9.17, 15) is 0 Å². The fraction of sp³-hybridized carbons (Fsp3) is 0.737. The molecule has 0 radical (unpaired) electrons. The molecule has 5 heteroatoms. The van der Waals surface area contributed by atoms with Gasteiger partial charge in [-0.2, -0.15) is 0 Å². The normalized spacial score (nSPS) is 22.3. The van der Waals surface area contributed by atoms with Gasteiger partial charge in [-0.15, -0.1) is 0 Å². The quantitative estimate of drug-likeness (QED) is 0.637. The molecular weight excluding hydrogens is 320 g/mol. The molecule has 1 aromatic rings. The van der Waals surface area contributed by atoms with E-state index in [1.54, 1.807) is 0 Å². The molecule has 1 aliphatic heterocycles. The highest BCUT2D eigenvalue weighted by Gasteiger charge is 2.23. The fourth-order valence-corrected chi connectivity index (χ4v) is 4.01. The maximum Gasteiger partial charge on any atom is 0.169 e. The molecule has 2 heterocycles. The van der Waals surface area contributed by atoms with Crippen molar-refractivity contribution >= 4 is 17.3 Å². The van der Waals surface area contributed by atoms with Crippen LogP contribution in [0.25, 0.3) is 0 Å². The van der Waals surface area contributed by atoms with Crippen molar-refractivity contribution in [3.8, 4) is 0 Å². The van der Waals surface area contributed by atoms with Crippen molar-refractivity contribution in [2.45, 2.75) is 77.0 Å². The Kier molecular flexibility index (Phi) is 6.55. The Morgan fingerprint density at radius 1 is 1.17 bits per heavy atom. The van der Waals surface area contributed by atoms with Crippen LogP contribution in [0.3, 0.4) is 0 Å². The van der Waals surface area contributed by atoms with E-state index in [1.165, 1.54) is 38.5 Å². The lowest BCUT2D eigenvalue weighted by atomic mass is 10.1. The highest BCUT2D eigenvalue weighted by molar-refractivity contribution is 7.80.